The molecule has 2 heterocycles. The molecule has 0 bridgehead atoms. The van der Waals surface area contributed by atoms with Crippen molar-refractivity contribution in [2.24, 2.45) is 38.9 Å². The van der Waals surface area contributed by atoms with E-state index in [0.29, 0.717) is 62.4 Å². The Kier molecular flexibility index (Phi) is 20.3. The number of H-pyrrole nitrogens is 2. The number of urea groups is 2. The number of hydrogen-bond acceptors (Lipinski definition) is 10. The summed E-state index contributed by atoms with van der Waals surface area (Å²) in [5.74, 6) is 1.00. The van der Waals surface area contributed by atoms with Crippen molar-refractivity contribution in [1.82, 2.24) is 40.8 Å². The van der Waals surface area contributed by atoms with Crippen molar-refractivity contribution in [2.75, 3.05) is 44.0 Å². The van der Waals surface area contributed by atoms with Gasteiger partial charge in [0.05, 0.1) is 13.2 Å². The van der Waals surface area contributed by atoms with E-state index < -0.39 is 29.3 Å². The van der Waals surface area contributed by atoms with Crippen molar-refractivity contribution in [3.05, 3.63) is 44.2 Å². The summed E-state index contributed by atoms with van der Waals surface area (Å²) in [4.78, 5) is 90.9. The number of rotatable bonds is 22. The monoisotopic (exact) mass is 981 g/mol. The lowest BCUT2D eigenvalue weighted by molar-refractivity contribution is 0.0195. The highest BCUT2D eigenvalue weighted by Crippen LogP contribution is 2.48. The van der Waals surface area contributed by atoms with E-state index in [-0.39, 0.29) is 57.1 Å². The molecule has 7 unspecified atom stereocenters. The second-order valence-corrected chi connectivity index (χ2v) is 23.6. The molecular weight excluding hydrogens is 893 g/mol. The van der Waals surface area contributed by atoms with Gasteiger partial charge in [0.1, 0.15) is 0 Å². The quantitative estimate of drug-likeness (QED) is 0.0589. The van der Waals surface area contributed by atoms with Crippen molar-refractivity contribution in [2.45, 2.75) is 185 Å². The van der Waals surface area contributed by atoms with Gasteiger partial charge in [-0.3, -0.25) is 20.2 Å². The van der Waals surface area contributed by atoms with E-state index in [1.165, 1.54) is 12.1 Å². The number of aromatic amines is 2. The number of aryl methyl sites for hydroxylation is 2. The Balaban J connectivity index is 1.18. The molecule has 7 atom stereocenters. The molecular formula is C52H88N10O8. The lowest BCUT2D eigenvalue weighted by atomic mass is 9.62. The molecule has 18 heteroatoms. The molecule has 2 aliphatic rings. The maximum absolute atomic E-state index is 13.5. The number of carbonyl (C=O) groups is 4. The number of amides is 6. The first-order valence-electron chi connectivity index (χ1n) is 25.7. The van der Waals surface area contributed by atoms with E-state index in [1.54, 1.807) is 18.7 Å². The summed E-state index contributed by atoms with van der Waals surface area (Å²) in [6.45, 7) is 27.0. The summed E-state index contributed by atoms with van der Waals surface area (Å²) >= 11 is 0. The van der Waals surface area contributed by atoms with Crippen molar-refractivity contribution < 1.29 is 28.7 Å². The third-order valence-electron chi connectivity index (χ3n) is 15.1. The van der Waals surface area contributed by atoms with Crippen LogP contribution in [0, 0.1) is 52.8 Å². The summed E-state index contributed by atoms with van der Waals surface area (Å²) in [7, 11) is 1.82. The first kappa shape index (κ1) is 57.4. The molecule has 4 rings (SSSR count). The van der Waals surface area contributed by atoms with Crippen LogP contribution in [0.15, 0.2) is 21.7 Å². The fourth-order valence-electron chi connectivity index (χ4n) is 11.8. The van der Waals surface area contributed by atoms with Gasteiger partial charge in [-0.05, 0) is 123 Å². The molecule has 2 saturated carbocycles. The van der Waals surface area contributed by atoms with Gasteiger partial charge in [0.25, 0.3) is 11.1 Å². The molecule has 0 saturated heterocycles. The van der Waals surface area contributed by atoms with Crippen molar-refractivity contribution in [1.29, 1.82) is 0 Å². The molecule has 6 amide bonds. The predicted molar refractivity (Wildman–Crippen MR) is 275 cm³/mol. The first-order chi connectivity index (χ1) is 32.6. The molecule has 70 heavy (non-hydrogen) atoms. The van der Waals surface area contributed by atoms with E-state index in [4.69, 9.17) is 9.47 Å². The van der Waals surface area contributed by atoms with Gasteiger partial charge in [0, 0.05) is 55.7 Å². The first-order valence-corrected chi connectivity index (χ1v) is 25.7. The Morgan fingerprint density at radius 3 is 1.76 bits per heavy atom. The molecule has 2 aliphatic carbocycles. The van der Waals surface area contributed by atoms with Crippen LogP contribution >= 0.6 is 0 Å². The fraction of sp³-hybridized carbons (Fsp3) is 0.769. The Morgan fingerprint density at radius 1 is 0.743 bits per heavy atom. The van der Waals surface area contributed by atoms with Gasteiger partial charge in [-0.25, -0.2) is 19.2 Å². The lowest BCUT2D eigenvalue weighted by Gasteiger charge is -2.48. The maximum Gasteiger partial charge on any atom is 0.409 e. The fourth-order valence-corrected chi connectivity index (χ4v) is 11.8. The van der Waals surface area contributed by atoms with E-state index in [0.717, 1.165) is 77.0 Å². The Morgan fingerprint density at radius 2 is 1.24 bits per heavy atom. The van der Waals surface area contributed by atoms with Crippen LogP contribution in [0.3, 0.4) is 0 Å². The van der Waals surface area contributed by atoms with E-state index in [1.807, 2.05) is 7.05 Å². The molecule has 2 aromatic rings. The number of aromatic nitrogens is 4. The highest BCUT2D eigenvalue weighted by atomic mass is 16.6. The largest absolute Gasteiger partial charge is 0.450 e. The van der Waals surface area contributed by atoms with Crippen LogP contribution in [0.5, 0.6) is 0 Å². The number of anilines is 2. The third kappa shape index (κ3) is 18.9. The standard InChI is InChI=1S/C52H88N10O8/c1-14-36(18-22-70-47(68)62(13)39-28-49(8,9)31-52(12,29-39)33-54-45(66)61-43-56-35(5)24-41(64)59-43)17-20-50(10,16-3)25-37(15-2)19-21-69-46(67)57-38-26-48(6,7)30-51(11,27-38)32-53-44(65)60-42-55-34(4)23-40(63)58-42/h23-24,36-39H,14-22,25-33H2,1-13H3,(H,57,67)(H3,53,55,58,60,63,65)(H3,54,56,59,61,64,66). The Bertz CT molecular complexity index is 2190. The number of nitrogens with one attached hydrogen (secondary N) is 7. The van der Waals surface area contributed by atoms with Gasteiger partial charge < -0.3 is 40.3 Å². The average Bonchev–Trinajstić information content (AvgIpc) is 3.23. The minimum atomic E-state index is -0.458. The molecule has 2 aromatic heterocycles. The summed E-state index contributed by atoms with van der Waals surface area (Å²) in [5, 5.41) is 14.3. The average molecular weight is 981 g/mol. The smallest absolute Gasteiger partial charge is 0.409 e. The van der Waals surface area contributed by atoms with Gasteiger partial charge in [-0.15, -0.1) is 0 Å². The van der Waals surface area contributed by atoms with Crippen molar-refractivity contribution >= 4 is 36.1 Å². The topological polar surface area (TPSA) is 242 Å². The van der Waals surface area contributed by atoms with E-state index >= 15 is 0 Å². The molecule has 2 fully saturated rings. The van der Waals surface area contributed by atoms with Gasteiger partial charge in [-0.2, -0.15) is 9.97 Å². The van der Waals surface area contributed by atoms with Crippen molar-refractivity contribution in [3.8, 4) is 0 Å². The van der Waals surface area contributed by atoms with Crippen LogP contribution in [0.4, 0.5) is 31.1 Å². The zero-order chi connectivity index (χ0) is 52.1. The molecule has 0 radical (unpaired) electrons. The Labute approximate surface area is 416 Å². The molecule has 0 aliphatic heterocycles. The van der Waals surface area contributed by atoms with Crippen LogP contribution in [0.2, 0.25) is 0 Å². The van der Waals surface area contributed by atoms with E-state index in [2.05, 4.69) is 116 Å². The molecule has 0 spiro atoms. The summed E-state index contributed by atoms with van der Waals surface area (Å²) in [5.41, 5.74) is -0.265. The minimum absolute atomic E-state index is 0.0597. The summed E-state index contributed by atoms with van der Waals surface area (Å²) in [6.07, 6.45) is 11.7. The van der Waals surface area contributed by atoms with Gasteiger partial charge in [-0.1, -0.05) is 88.5 Å². The SMILES string of the molecule is CCC(CCOC(=O)N(C)C1CC(C)(C)CC(C)(CNC(=O)Nc2nc(=O)cc(C)[nH]2)C1)CCC(C)(CC)CC(CC)CCOC(=O)NC1CC(C)(C)CC(C)(CNC(=O)Nc2nc(=O)cc(C)[nH]2)C1. The molecule has 7 N–H and O–H groups in total. The van der Waals surface area contributed by atoms with Crippen LogP contribution in [-0.4, -0.2) is 94.5 Å². The summed E-state index contributed by atoms with van der Waals surface area (Å²) in [6, 6.07) is 1.63. The number of ether oxygens (including phenoxy) is 2. The number of hydrogen-bond donors (Lipinski definition) is 7. The lowest BCUT2D eigenvalue weighted by Crippen LogP contribution is -2.51. The third-order valence-corrected chi connectivity index (χ3v) is 15.1. The molecule has 18 nitrogen and oxygen atoms in total. The van der Waals surface area contributed by atoms with Crippen LogP contribution in [-0.2, 0) is 9.47 Å². The second kappa shape index (κ2) is 24.8. The predicted octanol–water partition coefficient (Wildman–Crippen LogP) is 9.80. The highest BCUT2D eigenvalue weighted by Gasteiger charge is 2.44. The zero-order valence-corrected chi connectivity index (χ0v) is 44.8. The van der Waals surface area contributed by atoms with E-state index in [9.17, 15) is 28.8 Å². The van der Waals surface area contributed by atoms with Crippen LogP contribution < -0.4 is 37.7 Å². The van der Waals surface area contributed by atoms with Crippen LogP contribution in [0.1, 0.15) is 171 Å². The summed E-state index contributed by atoms with van der Waals surface area (Å²) < 4.78 is 11.7. The second-order valence-electron chi connectivity index (χ2n) is 23.6. The normalized spacial score (nSPS) is 23.4. The zero-order valence-electron chi connectivity index (χ0n) is 44.8. The minimum Gasteiger partial charge on any atom is -0.450 e. The maximum atomic E-state index is 13.5. The molecule has 0 aromatic carbocycles. The van der Waals surface area contributed by atoms with Crippen molar-refractivity contribution in [3.63, 3.8) is 0 Å². The van der Waals surface area contributed by atoms with Gasteiger partial charge in [0.15, 0.2) is 0 Å². The number of alkyl carbamates (subject to hydrolysis) is 1. The number of carbonyl (C=O) groups excluding carboxylic acids is 4. The van der Waals surface area contributed by atoms with Gasteiger partial charge >= 0.3 is 24.2 Å². The van der Waals surface area contributed by atoms with Crippen LogP contribution in [0.25, 0.3) is 0 Å². The number of nitrogens with zero attached hydrogens (tertiary/aromatic N) is 3. The van der Waals surface area contributed by atoms with Gasteiger partial charge in [0.2, 0.25) is 11.9 Å². The molecule has 394 valence electrons. The Hall–Kier alpha value is -5.16. The highest BCUT2D eigenvalue weighted by molar-refractivity contribution is 5.87.